The van der Waals surface area contributed by atoms with Crippen LogP contribution in [0.4, 0.5) is 5.88 Å². The van der Waals surface area contributed by atoms with Gasteiger partial charge in [-0.05, 0) is 6.07 Å². The second-order valence-electron chi connectivity index (χ2n) is 1.89. The van der Waals surface area contributed by atoms with Gasteiger partial charge in [0.05, 0.1) is 13.4 Å². The normalized spacial score (nSPS) is 9.42. The number of rotatable bonds is 2. The molecule has 0 spiro atoms. The van der Waals surface area contributed by atoms with Crippen LogP contribution in [-0.4, -0.2) is 18.0 Å². The molecular formula is C6H5NO5. The third-order valence-corrected chi connectivity index (χ3v) is 1.22. The van der Waals surface area contributed by atoms with Crippen molar-refractivity contribution in [3.05, 3.63) is 28.0 Å². The molecule has 0 unspecified atom stereocenters. The van der Waals surface area contributed by atoms with E-state index in [9.17, 15) is 14.9 Å². The number of hydrogen-bond acceptors (Lipinski definition) is 5. The number of carbonyl (C=O) groups is 1. The molecule has 0 aliphatic carbocycles. The number of hydrogen-bond donors (Lipinski definition) is 0. The molecule has 1 aromatic heterocycles. The smallest absolute Gasteiger partial charge is 0.447 e. The standard InChI is InChI=1S/C6H5NO5/c1-11-6(8)4-2-3-12-5(4)7(9)10/h2-3H,1H3. The lowest BCUT2D eigenvalue weighted by Gasteiger charge is -1.91. The van der Waals surface area contributed by atoms with Crippen molar-refractivity contribution in [2.75, 3.05) is 7.11 Å². The molecule has 0 saturated carbocycles. The molecule has 6 nitrogen and oxygen atoms in total. The molecule has 0 atom stereocenters. The number of ether oxygens (including phenoxy) is 1. The molecule has 0 radical (unpaired) electrons. The zero-order chi connectivity index (χ0) is 9.14. The Hall–Kier alpha value is -1.85. The lowest BCUT2D eigenvalue weighted by atomic mass is 10.3. The highest BCUT2D eigenvalue weighted by Gasteiger charge is 2.24. The largest absolute Gasteiger partial charge is 0.465 e. The molecule has 12 heavy (non-hydrogen) atoms. The van der Waals surface area contributed by atoms with Crippen LogP contribution in [0.25, 0.3) is 0 Å². The Labute approximate surface area is 66.9 Å². The fourth-order valence-electron chi connectivity index (χ4n) is 0.708. The Balaban J connectivity index is 3.07. The summed E-state index contributed by atoms with van der Waals surface area (Å²) in [4.78, 5) is 20.2. The summed E-state index contributed by atoms with van der Waals surface area (Å²) >= 11 is 0. The molecule has 0 N–H and O–H groups in total. The fraction of sp³-hybridized carbons (Fsp3) is 0.167. The Kier molecular flexibility index (Phi) is 2.09. The van der Waals surface area contributed by atoms with Crippen LogP contribution >= 0.6 is 0 Å². The van der Waals surface area contributed by atoms with Gasteiger partial charge in [0.25, 0.3) is 0 Å². The van der Waals surface area contributed by atoms with Gasteiger partial charge < -0.3 is 9.15 Å². The van der Waals surface area contributed by atoms with E-state index in [-0.39, 0.29) is 5.56 Å². The van der Waals surface area contributed by atoms with Crippen LogP contribution in [0, 0.1) is 10.1 Å². The van der Waals surface area contributed by atoms with Gasteiger partial charge in [-0.3, -0.25) is 10.1 Å². The molecule has 0 aromatic carbocycles. The molecule has 1 aromatic rings. The van der Waals surface area contributed by atoms with E-state index in [1.807, 2.05) is 0 Å². The highest BCUT2D eigenvalue weighted by Crippen LogP contribution is 2.19. The first-order chi connectivity index (χ1) is 5.66. The molecule has 0 aliphatic heterocycles. The lowest BCUT2D eigenvalue weighted by molar-refractivity contribution is -0.402. The van der Waals surface area contributed by atoms with Crippen LogP contribution in [0.5, 0.6) is 0 Å². The zero-order valence-electron chi connectivity index (χ0n) is 6.14. The van der Waals surface area contributed by atoms with E-state index < -0.39 is 16.8 Å². The molecule has 0 saturated heterocycles. The molecule has 0 aliphatic rings. The summed E-state index contributed by atoms with van der Waals surface area (Å²) in [6.45, 7) is 0. The van der Waals surface area contributed by atoms with Crippen LogP contribution in [0.1, 0.15) is 10.4 Å². The van der Waals surface area contributed by atoms with Crippen LogP contribution < -0.4 is 0 Å². The van der Waals surface area contributed by atoms with E-state index >= 15 is 0 Å². The van der Waals surface area contributed by atoms with Crippen molar-refractivity contribution in [1.29, 1.82) is 0 Å². The molecule has 1 rings (SSSR count). The van der Waals surface area contributed by atoms with Gasteiger partial charge in [-0.2, -0.15) is 0 Å². The Morgan fingerprint density at radius 1 is 1.75 bits per heavy atom. The Morgan fingerprint density at radius 3 is 2.92 bits per heavy atom. The Morgan fingerprint density at radius 2 is 2.42 bits per heavy atom. The van der Waals surface area contributed by atoms with Crippen molar-refractivity contribution < 1.29 is 18.9 Å². The number of furan rings is 1. The number of esters is 1. The van der Waals surface area contributed by atoms with E-state index in [2.05, 4.69) is 9.15 Å². The molecule has 1 heterocycles. The van der Waals surface area contributed by atoms with E-state index in [0.717, 1.165) is 13.4 Å². The number of carbonyl (C=O) groups excluding carboxylic acids is 1. The minimum Gasteiger partial charge on any atom is -0.465 e. The fourth-order valence-corrected chi connectivity index (χ4v) is 0.708. The molecule has 0 fully saturated rings. The van der Waals surface area contributed by atoms with E-state index in [4.69, 9.17) is 0 Å². The summed E-state index contributed by atoms with van der Waals surface area (Å²) in [6, 6.07) is 1.18. The highest BCUT2D eigenvalue weighted by molar-refractivity contribution is 5.92. The van der Waals surface area contributed by atoms with Crippen molar-refractivity contribution in [2.24, 2.45) is 0 Å². The lowest BCUT2D eigenvalue weighted by Crippen LogP contribution is -2.02. The average molecular weight is 171 g/mol. The maximum absolute atomic E-state index is 10.8. The molecular weight excluding hydrogens is 166 g/mol. The van der Waals surface area contributed by atoms with Gasteiger partial charge in [-0.15, -0.1) is 0 Å². The highest BCUT2D eigenvalue weighted by atomic mass is 16.6. The van der Waals surface area contributed by atoms with Gasteiger partial charge in [-0.1, -0.05) is 0 Å². The van der Waals surface area contributed by atoms with Gasteiger partial charge in [0, 0.05) is 0 Å². The second-order valence-corrected chi connectivity index (χ2v) is 1.89. The van der Waals surface area contributed by atoms with Gasteiger partial charge >= 0.3 is 11.9 Å². The quantitative estimate of drug-likeness (QED) is 0.376. The SMILES string of the molecule is COC(=O)c1ccoc1[N+](=O)[O-]. The van der Waals surface area contributed by atoms with Crippen LogP contribution in [-0.2, 0) is 4.74 Å². The van der Waals surface area contributed by atoms with Crippen LogP contribution in [0.15, 0.2) is 16.7 Å². The van der Waals surface area contributed by atoms with Crippen molar-refractivity contribution >= 4 is 11.9 Å². The maximum Gasteiger partial charge on any atom is 0.447 e. The summed E-state index contributed by atoms with van der Waals surface area (Å²) in [5, 5.41) is 10.2. The van der Waals surface area contributed by atoms with Gasteiger partial charge in [0.15, 0.2) is 5.56 Å². The van der Waals surface area contributed by atoms with Crippen molar-refractivity contribution in [1.82, 2.24) is 0 Å². The summed E-state index contributed by atoms with van der Waals surface area (Å²) < 4.78 is 8.73. The molecule has 0 bridgehead atoms. The predicted molar refractivity (Wildman–Crippen MR) is 36.7 cm³/mol. The number of nitro groups is 1. The van der Waals surface area contributed by atoms with E-state index in [0.29, 0.717) is 0 Å². The topological polar surface area (TPSA) is 82.6 Å². The molecule has 64 valence electrons. The third kappa shape index (κ3) is 1.26. The third-order valence-electron chi connectivity index (χ3n) is 1.22. The van der Waals surface area contributed by atoms with Gasteiger partial charge in [0.1, 0.15) is 4.92 Å². The van der Waals surface area contributed by atoms with Gasteiger partial charge in [0.2, 0.25) is 0 Å². The summed E-state index contributed by atoms with van der Waals surface area (Å²) in [5.74, 6) is -1.38. The van der Waals surface area contributed by atoms with Crippen molar-refractivity contribution in [3.8, 4) is 0 Å². The first-order valence-electron chi connectivity index (χ1n) is 2.97. The predicted octanol–water partition coefficient (Wildman–Crippen LogP) is 0.974. The first-order valence-corrected chi connectivity index (χ1v) is 2.97. The summed E-state index contributed by atoms with van der Waals surface area (Å²) in [7, 11) is 1.14. The minimum atomic E-state index is -0.785. The summed E-state index contributed by atoms with van der Waals surface area (Å²) in [5.41, 5.74) is -0.178. The second kappa shape index (κ2) is 3.04. The van der Waals surface area contributed by atoms with Crippen LogP contribution in [0.2, 0.25) is 0 Å². The van der Waals surface area contributed by atoms with Crippen molar-refractivity contribution in [3.63, 3.8) is 0 Å². The van der Waals surface area contributed by atoms with Crippen LogP contribution in [0.3, 0.4) is 0 Å². The number of nitrogens with zero attached hydrogens (tertiary/aromatic N) is 1. The zero-order valence-corrected chi connectivity index (χ0v) is 6.14. The maximum atomic E-state index is 10.8. The summed E-state index contributed by atoms with van der Waals surface area (Å²) in [6.07, 6.45) is 1.06. The van der Waals surface area contributed by atoms with E-state index in [1.54, 1.807) is 0 Å². The average Bonchev–Trinajstić information content (AvgIpc) is 2.50. The first kappa shape index (κ1) is 8.25. The minimum absolute atomic E-state index is 0.178. The van der Waals surface area contributed by atoms with E-state index in [1.165, 1.54) is 6.07 Å². The van der Waals surface area contributed by atoms with Crippen molar-refractivity contribution in [2.45, 2.75) is 0 Å². The number of methoxy groups -OCH3 is 1. The Bertz CT molecular complexity index is 315. The monoisotopic (exact) mass is 171 g/mol. The molecule has 0 amide bonds. The molecule has 6 heteroatoms. The van der Waals surface area contributed by atoms with Gasteiger partial charge in [-0.25, -0.2) is 4.79 Å².